The fourth-order valence-electron chi connectivity index (χ4n) is 3.28. The van der Waals surface area contributed by atoms with Crippen molar-refractivity contribution in [1.29, 1.82) is 0 Å². The fourth-order valence-corrected chi connectivity index (χ4v) is 5.43. The number of thiophene rings is 1. The Balaban J connectivity index is 1.28. The number of rotatable bonds is 8. The van der Waals surface area contributed by atoms with Crippen molar-refractivity contribution < 1.29 is 14.3 Å². The second-order valence-electron chi connectivity index (χ2n) is 6.35. The van der Waals surface area contributed by atoms with Crippen LogP contribution in [0.1, 0.15) is 16.9 Å². The van der Waals surface area contributed by atoms with Gasteiger partial charge >= 0.3 is 0 Å². The molecule has 0 aliphatic heterocycles. The van der Waals surface area contributed by atoms with E-state index >= 15 is 0 Å². The second kappa shape index (κ2) is 8.79. The van der Waals surface area contributed by atoms with E-state index in [-0.39, 0.29) is 5.91 Å². The van der Waals surface area contributed by atoms with Gasteiger partial charge in [0, 0.05) is 10.3 Å². The number of aromatic nitrogens is 2. The third-order valence-electron chi connectivity index (χ3n) is 4.56. The number of hydrogen-bond donors (Lipinski definition) is 1. The summed E-state index contributed by atoms with van der Waals surface area (Å²) in [6, 6.07) is 7.46. The van der Waals surface area contributed by atoms with E-state index in [0.29, 0.717) is 30.4 Å². The number of aryl methyl sites for hydroxylation is 2. The zero-order valence-electron chi connectivity index (χ0n) is 15.6. The summed E-state index contributed by atoms with van der Waals surface area (Å²) in [6.45, 7) is 0.817. The van der Waals surface area contributed by atoms with E-state index in [1.807, 2.05) is 24.3 Å². The summed E-state index contributed by atoms with van der Waals surface area (Å²) in [5, 5.41) is 4.95. The van der Waals surface area contributed by atoms with E-state index < -0.39 is 0 Å². The Hall–Kier alpha value is -2.32. The predicted octanol–water partition coefficient (Wildman–Crippen LogP) is 3.48. The van der Waals surface area contributed by atoms with E-state index in [2.05, 4.69) is 15.3 Å². The number of nitrogens with one attached hydrogen (secondary N) is 1. The lowest BCUT2D eigenvalue weighted by molar-refractivity contribution is -0.118. The number of carbonyl (C=O) groups is 1. The van der Waals surface area contributed by atoms with Crippen LogP contribution >= 0.6 is 23.1 Å². The van der Waals surface area contributed by atoms with Crippen LogP contribution in [0.5, 0.6) is 11.5 Å². The third kappa shape index (κ3) is 4.07. The van der Waals surface area contributed by atoms with Crippen LogP contribution in [0, 0.1) is 0 Å². The summed E-state index contributed by atoms with van der Waals surface area (Å²) in [7, 11) is 1.61. The fraction of sp³-hybridized carbons (Fsp3) is 0.350. The van der Waals surface area contributed by atoms with Crippen molar-refractivity contribution in [2.24, 2.45) is 0 Å². The molecular weight excluding hydrogens is 394 g/mol. The highest BCUT2D eigenvalue weighted by atomic mass is 32.2. The smallest absolute Gasteiger partial charge is 0.230 e. The van der Waals surface area contributed by atoms with Crippen LogP contribution < -0.4 is 14.8 Å². The molecule has 1 amide bonds. The summed E-state index contributed by atoms with van der Waals surface area (Å²) in [5.74, 6) is 1.64. The number of thioether (sulfide) groups is 1. The minimum Gasteiger partial charge on any atom is -0.493 e. The maximum absolute atomic E-state index is 12.2. The first-order chi connectivity index (χ1) is 13.8. The van der Waals surface area contributed by atoms with Crippen LogP contribution in [-0.2, 0) is 17.6 Å². The first-order valence-corrected chi connectivity index (χ1v) is 11.0. The average molecular weight is 416 g/mol. The minimum absolute atomic E-state index is 0.0349. The lowest BCUT2D eigenvalue weighted by Crippen LogP contribution is -2.29. The monoisotopic (exact) mass is 415 g/mol. The van der Waals surface area contributed by atoms with Gasteiger partial charge in [-0.2, -0.15) is 0 Å². The molecule has 0 fully saturated rings. The number of para-hydroxylation sites is 2. The molecule has 0 spiro atoms. The zero-order valence-corrected chi connectivity index (χ0v) is 17.2. The van der Waals surface area contributed by atoms with Crippen molar-refractivity contribution in [2.45, 2.75) is 24.3 Å². The maximum Gasteiger partial charge on any atom is 0.230 e. The normalized spacial score (nSPS) is 12.8. The molecule has 0 bridgehead atoms. The SMILES string of the molecule is COc1ccccc1OCCNC(=O)CSc1ncnc2sc3c(c12)CCC3. The topological polar surface area (TPSA) is 73.3 Å². The third-order valence-corrected chi connectivity index (χ3v) is 6.75. The first kappa shape index (κ1) is 19.0. The van der Waals surface area contributed by atoms with Crippen molar-refractivity contribution >= 4 is 39.2 Å². The molecule has 1 aromatic carbocycles. The second-order valence-corrected chi connectivity index (χ2v) is 8.40. The molecule has 3 aromatic rings. The Morgan fingerprint density at radius 2 is 2.11 bits per heavy atom. The number of ether oxygens (including phenoxy) is 2. The van der Waals surface area contributed by atoms with E-state index in [1.165, 1.54) is 28.6 Å². The van der Waals surface area contributed by atoms with E-state index in [9.17, 15) is 4.79 Å². The summed E-state index contributed by atoms with van der Waals surface area (Å²) in [4.78, 5) is 23.5. The number of carbonyl (C=O) groups excluding carboxylic acids is 1. The van der Waals surface area contributed by atoms with Crippen LogP contribution in [0.4, 0.5) is 0 Å². The van der Waals surface area contributed by atoms with Gasteiger partial charge in [-0.05, 0) is 37.0 Å². The molecule has 0 radical (unpaired) electrons. The quantitative estimate of drug-likeness (QED) is 0.345. The first-order valence-electron chi connectivity index (χ1n) is 9.17. The molecular formula is C20H21N3O3S2. The molecule has 0 saturated heterocycles. The van der Waals surface area contributed by atoms with Crippen molar-refractivity contribution in [3.05, 3.63) is 41.0 Å². The van der Waals surface area contributed by atoms with Crippen molar-refractivity contribution in [2.75, 3.05) is 26.0 Å². The number of nitrogens with zero attached hydrogens (tertiary/aromatic N) is 2. The molecule has 1 aliphatic carbocycles. The Kier molecular flexibility index (Phi) is 5.97. The van der Waals surface area contributed by atoms with Crippen LogP contribution in [0.25, 0.3) is 10.2 Å². The van der Waals surface area contributed by atoms with Crippen LogP contribution in [0.2, 0.25) is 0 Å². The largest absolute Gasteiger partial charge is 0.493 e. The molecule has 2 heterocycles. The average Bonchev–Trinajstić information content (AvgIpc) is 3.31. The molecule has 4 rings (SSSR count). The van der Waals surface area contributed by atoms with E-state index in [1.54, 1.807) is 24.8 Å². The van der Waals surface area contributed by atoms with E-state index in [4.69, 9.17) is 9.47 Å². The molecule has 0 saturated carbocycles. The molecule has 6 nitrogen and oxygen atoms in total. The standard InChI is InChI=1S/C20H21N3O3S2/c1-25-14-6-2-3-7-15(14)26-10-9-21-17(24)11-27-19-18-13-5-4-8-16(13)28-20(18)23-12-22-19/h2-3,6-7,12H,4-5,8-11H2,1H3,(H,21,24). The predicted molar refractivity (Wildman–Crippen MR) is 112 cm³/mol. The number of fused-ring (bicyclic) bond motifs is 3. The van der Waals surface area contributed by atoms with E-state index in [0.717, 1.165) is 28.1 Å². The molecule has 28 heavy (non-hydrogen) atoms. The number of hydrogen-bond acceptors (Lipinski definition) is 7. The van der Waals surface area contributed by atoms with Crippen LogP contribution in [-0.4, -0.2) is 41.9 Å². The molecule has 1 aliphatic rings. The van der Waals surface area contributed by atoms with Gasteiger partial charge in [0.15, 0.2) is 11.5 Å². The molecule has 8 heteroatoms. The Bertz CT molecular complexity index is 990. The molecule has 1 N–H and O–H groups in total. The summed E-state index contributed by atoms with van der Waals surface area (Å²) in [5.41, 5.74) is 1.38. The van der Waals surface area contributed by atoms with Gasteiger partial charge in [0.2, 0.25) is 5.91 Å². The summed E-state index contributed by atoms with van der Waals surface area (Å²) in [6.07, 6.45) is 5.01. The van der Waals surface area contributed by atoms with Crippen molar-refractivity contribution in [1.82, 2.24) is 15.3 Å². The maximum atomic E-state index is 12.2. The molecule has 0 atom stereocenters. The molecule has 2 aromatic heterocycles. The van der Waals surface area contributed by atoms with Crippen LogP contribution in [0.15, 0.2) is 35.6 Å². The van der Waals surface area contributed by atoms with Crippen molar-refractivity contribution in [3.63, 3.8) is 0 Å². The van der Waals surface area contributed by atoms with Crippen molar-refractivity contribution in [3.8, 4) is 11.5 Å². The van der Waals surface area contributed by atoms with Crippen LogP contribution in [0.3, 0.4) is 0 Å². The number of amides is 1. The highest BCUT2D eigenvalue weighted by molar-refractivity contribution is 8.00. The van der Waals surface area contributed by atoms with Gasteiger partial charge in [0.1, 0.15) is 22.8 Å². The van der Waals surface area contributed by atoms with Gasteiger partial charge < -0.3 is 14.8 Å². The summed E-state index contributed by atoms with van der Waals surface area (Å²) < 4.78 is 10.9. The molecule has 0 unspecified atom stereocenters. The van der Waals surface area contributed by atoms with Gasteiger partial charge in [-0.15, -0.1) is 11.3 Å². The van der Waals surface area contributed by atoms with Gasteiger partial charge in [0.05, 0.1) is 19.4 Å². The van der Waals surface area contributed by atoms with Gasteiger partial charge in [-0.25, -0.2) is 9.97 Å². The molecule has 146 valence electrons. The van der Waals surface area contributed by atoms with Gasteiger partial charge in [-0.1, -0.05) is 23.9 Å². The number of benzene rings is 1. The highest BCUT2D eigenvalue weighted by Crippen LogP contribution is 2.39. The highest BCUT2D eigenvalue weighted by Gasteiger charge is 2.21. The Labute approximate surface area is 171 Å². The Morgan fingerprint density at radius 3 is 2.96 bits per heavy atom. The number of methoxy groups -OCH3 is 1. The lowest BCUT2D eigenvalue weighted by Gasteiger charge is -2.10. The lowest BCUT2D eigenvalue weighted by atomic mass is 10.2. The van der Waals surface area contributed by atoms with Gasteiger partial charge in [-0.3, -0.25) is 4.79 Å². The Morgan fingerprint density at radius 1 is 1.25 bits per heavy atom. The minimum atomic E-state index is -0.0349. The summed E-state index contributed by atoms with van der Waals surface area (Å²) >= 11 is 3.23. The zero-order chi connectivity index (χ0) is 19.3. The van der Waals surface area contributed by atoms with Gasteiger partial charge in [0.25, 0.3) is 0 Å².